The molecule has 1 atom stereocenters. The fourth-order valence-electron chi connectivity index (χ4n) is 2.68. The van der Waals surface area contributed by atoms with Crippen molar-refractivity contribution < 1.29 is 22.9 Å². The average Bonchev–Trinajstić information content (AvgIpc) is 2.67. The first-order valence-electron chi connectivity index (χ1n) is 8.16. The first-order chi connectivity index (χ1) is 13.6. The highest BCUT2D eigenvalue weighted by atomic mass is 35.5. The van der Waals surface area contributed by atoms with E-state index in [2.05, 4.69) is 15.3 Å². The third-order valence-corrected chi connectivity index (χ3v) is 4.39. The van der Waals surface area contributed by atoms with Crippen molar-refractivity contribution in [1.82, 2.24) is 9.97 Å². The van der Waals surface area contributed by atoms with Crippen LogP contribution in [0.15, 0.2) is 59.5 Å². The van der Waals surface area contributed by atoms with Crippen molar-refractivity contribution in [3.05, 3.63) is 75.2 Å². The lowest BCUT2D eigenvalue weighted by molar-refractivity contribution is -0.432. The van der Waals surface area contributed by atoms with Crippen LogP contribution in [0.3, 0.4) is 0 Å². The van der Waals surface area contributed by atoms with Gasteiger partial charge in [-0.3, -0.25) is 19.9 Å². The summed E-state index contributed by atoms with van der Waals surface area (Å²) in [7, 11) is 0. The minimum Gasteiger partial charge on any atom is -0.309 e. The Hall–Kier alpha value is -3.27. The van der Waals surface area contributed by atoms with Crippen molar-refractivity contribution in [3.63, 3.8) is 0 Å². The molecule has 1 N–H and O–H groups in total. The minimum atomic E-state index is -4.49. The van der Waals surface area contributed by atoms with E-state index in [4.69, 9.17) is 11.6 Å². The molecule has 1 aliphatic rings. The second-order valence-corrected chi connectivity index (χ2v) is 6.56. The highest BCUT2D eigenvalue weighted by Gasteiger charge is 2.34. The summed E-state index contributed by atoms with van der Waals surface area (Å²) in [5.74, 6) is -1.80. The standard InChI is InChI=1S/C18H12ClF3N4O3/c19-12-4-5-15(26(28)29)13(7-12)17(27)25-16-9-23-14(8-24-16)10-2-1-3-11(6-10)18(20,21)22/h1-6,8-9,13H,7H2,(H,24,25,27). The van der Waals surface area contributed by atoms with E-state index in [9.17, 15) is 28.1 Å². The van der Waals surface area contributed by atoms with Crippen LogP contribution in [0.1, 0.15) is 12.0 Å². The number of amides is 1. The zero-order chi connectivity index (χ0) is 21.2. The number of hydrogen-bond donors (Lipinski definition) is 1. The van der Waals surface area contributed by atoms with Crippen molar-refractivity contribution in [2.75, 3.05) is 5.32 Å². The molecule has 0 aliphatic heterocycles. The van der Waals surface area contributed by atoms with Crippen molar-refractivity contribution in [1.29, 1.82) is 0 Å². The number of nitrogens with zero attached hydrogens (tertiary/aromatic N) is 3. The van der Waals surface area contributed by atoms with Gasteiger partial charge >= 0.3 is 6.18 Å². The fourth-order valence-corrected chi connectivity index (χ4v) is 2.90. The predicted molar refractivity (Wildman–Crippen MR) is 98.2 cm³/mol. The Labute approximate surface area is 167 Å². The second-order valence-electron chi connectivity index (χ2n) is 6.07. The lowest BCUT2D eigenvalue weighted by Gasteiger charge is -2.16. The number of rotatable bonds is 4. The SMILES string of the molecule is O=C(Nc1cnc(-c2cccc(C(F)(F)F)c2)cn1)C1CC(Cl)=CC=C1[N+](=O)[O-]. The van der Waals surface area contributed by atoms with Crippen LogP contribution in [0, 0.1) is 16.0 Å². The topological polar surface area (TPSA) is 98.0 Å². The number of halogens is 4. The number of carbonyl (C=O) groups is 1. The van der Waals surface area contributed by atoms with Crippen LogP contribution in [-0.2, 0) is 11.0 Å². The van der Waals surface area contributed by atoms with Gasteiger partial charge in [0.05, 0.1) is 28.6 Å². The van der Waals surface area contributed by atoms with Crippen molar-refractivity contribution in [2.24, 2.45) is 5.92 Å². The van der Waals surface area contributed by atoms with Gasteiger partial charge in [-0.1, -0.05) is 23.7 Å². The Kier molecular flexibility index (Phi) is 5.64. The summed E-state index contributed by atoms with van der Waals surface area (Å²) in [6, 6.07) is 4.58. The summed E-state index contributed by atoms with van der Waals surface area (Å²) >= 11 is 5.87. The molecule has 0 bridgehead atoms. The molecule has 1 aliphatic carbocycles. The maximum absolute atomic E-state index is 12.8. The van der Waals surface area contributed by atoms with Crippen LogP contribution in [-0.4, -0.2) is 20.8 Å². The molecule has 3 rings (SSSR count). The molecule has 150 valence electrons. The molecule has 1 aromatic heterocycles. The van der Waals surface area contributed by atoms with E-state index in [1.807, 2.05) is 0 Å². The second kappa shape index (κ2) is 8.00. The Balaban J connectivity index is 1.76. The quantitative estimate of drug-likeness (QED) is 0.579. The predicted octanol–water partition coefficient (Wildman–Crippen LogP) is 4.40. The Morgan fingerprint density at radius 2 is 2.00 bits per heavy atom. The van der Waals surface area contributed by atoms with Crippen LogP contribution < -0.4 is 5.32 Å². The largest absolute Gasteiger partial charge is 0.416 e. The Morgan fingerprint density at radius 1 is 1.24 bits per heavy atom. The van der Waals surface area contributed by atoms with Crippen LogP contribution in [0.4, 0.5) is 19.0 Å². The van der Waals surface area contributed by atoms with Gasteiger partial charge in [0.2, 0.25) is 5.91 Å². The van der Waals surface area contributed by atoms with E-state index < -0.39 is 28.5 Å². The molecule has 1 unspecified atom stereocenters. The molecule has 0 fully saturated rings. The molecule has 11 heteroatoms. The monoisotopic (exact) mass is 424 g/mol. The summed E-state index contributed by atoms with van der Waals surface area (Å²) in [5, 5.41) is 13.8. The van der Waals surface area contributed by atoms with Gasteiger partial charge in [0.1, 0.15) is 5.92 Å². The van der Waals surface area contributed by atoms with Gasteiger partial charge in [-0.05, 0) is 18.2 Å². The number of nitrogens with one attached hydrogen (secondary N) is 1. The molecule has 7 nitrogen and oxygen atoms in total. The lowest BCUT2D eigenvalue weighted by atomic mass is 9.96. The van der Waals surface area contributed by atoms with E-state index >= 15 is 0 Å². The van der Waals surface area contributed by atoms with Crippen molar-refractivity contribution >= 4 is 23.3 Å². The molecule has 1 amide bonds. The van der Waals surface area contributed by atoms with Gasteiger partial charge in [-0.25, -0.2) is 4.98 Å². The summed E-state index contributed by atoms with van der Waals surface area (Å²) in [6.07, 6.45) is 0.350. The molecule has 0 radical (unpaired) electrons. The molecular weight excluding hydrogens is 413 g/mol. The van der Waals surface area contributed by atoms with Crippen LogP contribution >= 0.6 is 11.6 Å². The molecule has 29 heavy (non-hydrogen) atoms. The molecule has 2 aromatic rings. The smallest absolute Gasteiger partial charge is 0.309 e. The van der Waals surface area contributed by atoms with E-state index in [0.29, 0.717) is 5.03 Å². The first kappa shape index (κ1) is 20.5. The third-order valence-electron chi connectivity index (χ3n) is 4.11. The maximum atomic E-state index is 12.8. The van der Waals surface area contributed by atoms with Crippen LogP contribution in [0.25, 0.3) is 11.3 Å². The van der Waals surface area contributed by atoms with E-state index in [0.717, 1.165) is 18.3 Å². The van der Waals surface area contributed by atoms with Crippen LogP contribution in [0.5, 0.6) is 0 Å². The molecular formula is C18H12ClF3N4O3. The number of hydrogen-bond acceptors (Lipinski definition) is 5. The molecule has 1 aromatic carbocycles. The molecule has 0 saturated carbocycles. The normalized spacial score (nSPS) is 16.6. The fraction of sp³-hybridized carbons (Fsp3) is 0.167. The van der Waals surface area contributed by atoms with Crippen LogP contribution in [0.2, 0.25) is 0 Å². The zero-order valence-electron chi connectivity index (χ0n) is 14.5. The van der Waals surface area contributed by atoms with Crippen molar-refractivity contribution in [3.8, 4) is 11.3 Å². The van der Waals surface area contributed by atoms with Gasteiger partial charge in [-0.15, -0.1) is 0 Å². The number of allylic oxidation sites excluding steroid dienone is 3. The highest BCUT2D eigenvalue weighted by molar-refractivity contribution is 6.30. The number of carbonyl (C=O) groups excluding carboxylic acids is 1. The number of aromatic nitrogens is 2. The molecule has 0 spiro atoms. The average molecular weight is 425 g/mol. The summed E-state index contributed by atoms with van der Waals surface area (Å²) in [6.45, 7) is 0. The van der Waals surface area contributed by atoms with Gasteiger partial charge in [0.15, 0.2) is 5.82 Å². The van der Waals surface area contributed by atoms with E-state index in [1.165, 1.54) is 30.5 Å². The number of benzene rings is 1. The number of alkyl halides is 3. The minimum absolute atomic E-state index is 0.000834. The van der Waals surface area contributed by atoms with E-state index in [1.54, 1.807) is 0 Å². The Bertz CT molecular complexity index is 1020. The highest BCUT2D eigenvalue weighted by Crippen LogP contribution is 2.32. The number of nitro groups is 1. The summed E-state index contributed by atoms with van der Waals surface area (Å²) in [4.78, 5) is 30.8. The summed E-state index contributed by atoms with van der Waals surface area (Å²) in [5.41, 5.74) is -0.757. The van der Waals surface area contributed by atoms with Gasteiger partial charge in [0, 0.05) is 23.1 Å². The molecule has 1 heterocycles. The number of anilines is 1. The van der Waals surface area contributed by atoms with Gasteiger partial charge in [0.25, 0.3) is 5.70 Å². The van der Waals surface area contributed by atoms with Gasteiger partial charge in [-0.2, -0.15) is 13.2 Å². The van der Waals surface area contributed by atoms with E-state index in [-0.39, 0.29) is 29.2 Å². The summed E-state index contributed by atoms with van der Waals surface area (Å²) < 4.78 is 38.5. The lowest BCUT2D eigenvalue weighted by Crippen LogP contribution is -2.29. The van der Waals surface area contributed by atoms with Crippen molar-refractivity contribution in [2.45, 2.75) is 12.6 Å². The van der Waals surface area contributed by atoms with Gasteiger partial charge < -0.3 is 5.32 Å². The third kappa shape index (κ3) is 4.77. The Morgan fingerprint density at radius 3 is 2.62 bits per heavy atom. The first-order valence-corrected chi connectivity index (χ1v) is 8.54. The molecule has 0 saturated heterocycles. The zero-order valence-corrected chi connectivity index (χ0v) is 15.2. The maximum Gasteiger partial charge on any atom is 0.416 e.